The van der Waals surface area contributed by atoms with Gasteiger partial charge in [-0.3, -0.25) is 13.6 Å². The van der Waals surface area contributed by atoms with Gasteiger partial charge in [-0.15, -0.1) is 34.8 Å². The van der Waals surface area contributed by atoms with E-state index >= 15 is 4.57 Å². The van der Waals surface area contributed by atoms with Gasteiger partial charge in [0.2, 0.25) is 0 Å². The van der Waals surface area contributed by atoms with Gasteiger partial charge in [0.25, 0.3) is 0 Å². The summed E-state index contributed by atoms with van der Waals surface area (Å²) in [6.07, 6.45) is 2.40. The Morgan fingerprint density at radius 2 is 0.596 bits per heavy atom. The summed E-state index contributed by atoms with van der Waals surface area (Å²) in [5.41, 5.74) is -3.53. The smallest absolute Gasteiger partial charge is 0.279 e. The zero-order valence-electron chi connectivity index (χ0n) is 25.9. The van der Waals surface area contributed by atoms with Crippen LogP contribution >= 0.6 is 234 Å². The molecule has 47 heavy (non-hydrogen) atoms. The minimum absolute atomic E-state index is 0.0677. The number of hydrogen-bond donors (Lipinski definition) is 0. The summed E-state index contributed by atoms with van der Waals surface area (Å²) in [5.74, 6) is 0. The second kappa shape index (κ2) is 26.7. The molecule has 0 N–H and O–H groups in total. The van der Waals surface area contributed by atoms with Gasteiger partial charge in [0.05, 0.1) is 32.9 Å². The lowest BCUT2D eigenvalue weighted by atomic mass is 9.89. The molecule has 0 amide bonds. The standard InChI is InChI=1S/C27H42Br12Cl3O4P/c1-16(40)25(4-19(34)10-28,5-20(35)11-29)44-47(43,45-26(17(2)41,6-21(36)12-30)7-22(37)13-31)46-27(18(3)42,8-23(38)14-32)9-24(39)15-33/h16-24H,4-15H2,1-3H3. The van der Waals surface area contributed by atoms with Crippen molar-refractivity contribution >= 4 is 234 Å². The van der Waals surface area contributed by atoms with Gasteiger partial charge in [-0.1, -0.05) is 191 Å². The van der Waals surface area contributed by atoms with Crippen molar-refractivity contribution in [3.63, 3.8) is 0 Å². The lowest BCUT2D eigenvalue weighted by Gasteiger charge is -2.48. The second-order valence-corrected chi connectivity index (χ2v) is 26.6. The fourth-order valence-electron chi connectivity index (χ4n) is 4.97. The van der Waals surface area contributed by atoms with Crippen molar-refractivity contribution in [3.05, 3.63) is 0 Å². The van der Waals surface area contributed by atoms with E-state index in [-0.39, 0.29) is 29.0 Å². The van der Waals surface area contributed by atoms with Crippen LogP contribution in [-0.4, -0.2) is 93.9 Å². The Morgan fingerprint density at radius 1 is 0.447 bits per heavy atom. The van der Waals surface area contributed by atoms with Crippen LogP contribution in [0.1, 0.15) is 59.3 Å². The quantitative estimate of drug-likeness (QED) is 0.0607. The molecule has 20 heteroatoms. The first-order valence-electron chi connectivity index (χ1n) is 14.5. The van der Waals surface area contributed by atoms with Crippen LogP contribution in [0.3, 0.4) is 0 Å². The van der Waals surface area contributed by atoms with Crippen LogP contribution in [0.2, 0.25) is 0 Å². The molecule has 0 aliphatic heterocycles. The Labute approximate surface area is 398 Å². The van der Waals surface area contributed by atoms with E-state index in [0.29, 0.717) is 70.5 Å². The fraction of sp³-hybridized carbons (Fsp3) is 1.00. The third-order valence-electron chi connectivity index (χ3n) is 7.46. The van der Waals surface area contributed by atoms with Crippen LogP contribution in [0.25, 0.3) is 0 Å². The van der Waals surface area contributed by atoms with Crippen molar-refractivity contribution in [2.24, 2.45) is 0 Å². The number of halogens is 15. The Hall–Kier alpha value is 6.74. The van der Waals surface area contributed by atoms with Crippen molar-refractivity contribution in [1.82, 2.24) is 0 Å². The molecule has 0 aromatic carbocycles. The molecular weight excluding hydrogens is 1480 g/mol. The Morgan fingerprint density at radius 3 is 0.702 bits per heavy atom. The summed E-state index contributed by atoms with van der Waals surface area (Å²) in [6.45, 7) is 5.54. The van der Waals surface area contributed by atoms with E-state index in [9.17, 15) is 0 Å². The maximum atomic E-state index is 16.0. The minimum Gasteiger partial charge on any atom is -0.279 e. The van der Waals surface area contributed by atoms with Crippen molar-refractivity contribution in [2.75, 3.05) is 32.0 Å². The zero-order valence-corrected chi connectivity index (χ0v) is 48.1. The molecule has 0 aromatic heterocycles. The van der Waals surface area contributed by atoms with E-state index in [2.05, 4.69) is 191 Å². The highest BCUT2D eigenvalue weighted by Crippen LogP contribution is 2.64. The SMILES string of the molecule is CC(Cl)C(CC(Br)CBr)(CC(Br)CBr)OP(=O)(OC(CC(Br)CBr)(CC(Br)CBr)C(C)Cl)OC(CC(Br)CBr)(CC(Br)CBr)C(C)Cl. The molecule has 0 spiro atoms. The minimum atomic E-state index is -4.62. The third-order valence-corrected chi connectivity index (χ3v) is 24.2. The topological polar surface area (TPSA) is 44.8 Å². The van der Waals surface area contributed by atoms with Crippen LogP contribution in [0.15, 0.2) is 0 Å². The number of phosphoric acid groups is 1. The molecule has 0 fully saturated rings. The number of alkyl halides is 15. The predicted molar refractivity (Wildman–Crippen MR) is 252 cm³/mol. The first kappa shape index (κ1) is 53.7. The average Bonchev–Trinajstić information content (AvgIpc) is 2.99. The Balaban J connectivity index is 7.94. The third kappa shape index (κ3) is 18.9. The van der Waals surface area contributed by atoms with Gasteiger partial charge in [-0.2, -0.15) is 0 Å². The van der Waals surface area contributed by atoms with Gasteiger partial charge >= 0.3 is 7.82 Å². The van der Waals surface area contributed by atoms with E-state index in [1.54, 1.807) is 0 Å². The van der Waals surface area contributed by atoms with Gasteiger partial charge in [0.1, 0.15) is 0 Å². The van der Waals surface area contributed by atoms with Gasteiger partial charge in [0, 0.05) is 60.9 Å². The molecule has 0 radical (unpaired) electrons. The highest BCUT2D eigenvalue weighted by molar-refractivity contribution is 9.13. The van der Waals surface area contributed by atoms with E-state index in [4.69, 9.17) is 48.4 Å². The summed E-state index contributed by atoms with van der Waals surface area (Å²) in [4.78, 5) is -0.406. The maximum Gasteiger partial charge on any atom is 0.476 e. The number of hydrogen-bond acceptors (Lipinski definition) is 4. The molecule has 0 saturated carbocycles. The molecule has 9 unspecified atom stereocenters. The molecule has 0 aromatic rings. The van der Waals surface area contributed by atoms with E-state index < -0.39 is 40.8 Å². The monoisotopic (exact) mass is 1510 g/mol. The summed E-state index contributed by atoms with van der Waals surface area (Å²) in [6, 6.07) is 0. The highest BCUT2D eigenvalue weighted by Gasteiger charge is 2.56. The van der Waals surface area contributed by atoms with Crippen LogP contribution in [0.5, 0.6) is 0 Å². The Kier molecular flexibility index (Phi) is 30.5. The molecule has 0 aliphatic rings. The highest BCUT2D eigenvalue weighted by atomic mass is 79.9. The van der Waals surface area contributed by atoms with Crippen LogP contribution in [0, 0.1) is 0 Å². The zero-order chi connectivity index (χ0) is 36.8. The fourth-order valence-corrected chi connectivity index (χ4v) is 12.9. The van der Waals surface area contributed by atoms with Gasteiger partial charge in [0.15, 0.2) is 0 Å². The molecule has 9 atom stereocenters. The lowest BCUT2D eigenvalue weighted by molar-refractivity contribution is -0.0789. The predicted octanol–water partition coefficient (Wildman–Crippen LogP) is 15.5. The van der Waals surface area contributed by atoms with E-state index in [0.717, 1.165) is 0 Å². The molecule has 0 bridgehead atoms. The number of phosphoric ester groups is 1. The summed E-state index contributed by atoms with van der Waals surface area (Å²) in [5, 5.41) is 1.84. The van der Waals surface area contributed by atoms with E-state index in [1.807, 2.05) is 20.8 Å². The number of rotatable bonds is 27. The van der Waals surface area contributed by atoms with Crippen molar-refractivity contribution in [2.45, 2.75) is 121 Å². The summed E-state index contributed by atoms with van der Waals surface area (Å²) < 4.78 is 36.9. The molecule has 284 valence electrons. The summed E-state index contributed by atoms with van der Waals surface area (Å²) >= 11 is 65.3. The largest absolute Gasteiger partial charge is 0.476 e. The van der Waals surface area contributed by atoms with Gasteiger partial charge < -0.3 is 0 Å². The molecule has 4 nitrogen and oxygen atoms in total. The van der Waals surface area contributed by atoms with E-state index in [1.165, 1.54) is 0 Å². The van der Waals surface area contributed by atoms with Gasteiger partial charge in [-0.25, -0.2) is 4.57 Å². The van der Waals surface area contributed by atoms with Crippen LogP contribution in [-0.2, 0) is 18.1 Å². The Bertz CT molecular complexity index is 772. The normalized spacial score (nSPS) is 23.5. The van der Waals surface area contributed by atoms with Crippen LogP contribution < -0.4 is 0 Å². The first-order valence-corrected chi connectivity index (χ1v) is 29.5. The van der Waals surface area contributed by atoms with Crippen molar-refractivity contribution in [3.8, 4) is 0 Å². The lowest BCUT2D eigenvalue weighted by Crippen LogP contribution is -2.50. The maximum absolute atomic E-state index is 16.0. The second-order valence-electron chi connectivity index (χ2n) is 11.5. The van der Waals surface area contributed by atoms with Crippen molar-refractivity contribution in [1.29, 1.82) is 0 Å². The molecule has 0 heterocycles. The summed E-state index contributed by atoms with van der Waals surface area (Å²) in [7, 11) is -4.62. The first-order chi connectivity index (χ1) is 21.7. The molecular formula is C27H42Br12Cl3O4P. The molecule has 0 aliphatic carbocycles. The molecule has 0 saturated heterocycles. The van der Waals surface area contributed by atoms with Gasteiger partial charge in [-0.05, 0) is 59.3 Å². The molecule has 0 rings (SSSR count). The average molecular weight is 1530 g/mol. The van der Waals surface area contributed by atoms with Crippen LogP contribution in [0.4, 0.5) is 0 Å². The van der Waals surface area contributed by atoms with Crippen molar-refractivity contribution < 1.29 is 18.1 Å².